The van der Waals surface area contributed by atoms with Crippen LogP contribution < -0.4 is 10.5 Å². The summed E-state index contributed by atoms with van der Waals surface area (Å²) < 4.78 is 5.18. The van der Waals surface area contributed by atoms with Crippen molar-refractivity contribution < 1.29 is 4.74 Å². The molecule has 0 bridgehead atoms. The van der Waals surface area contributed by atoms with Crippen LogP contribution in [-0.2, 0) is 0 Å². The molecule has 0 radical (unpaired) electrons. The highest BCUT2D eigenvalue weighted by atomic mass is 35.5. The number of ether oxygens (including phenoxy) is 1. The van der Waals surface area contributed by atoms with Gasteiger partial charge >= 0.3 is 0 Å². The van der Waals surface area contributed by atoms with Gasteiger partial charge in [-0.1, -0.05) is 24.6 Å². The summed E-state index contributed by atoms with van der Waals surface area (Å²) in [7, 11) is 1.63. The molecule has 0 spiro atoms. The van der Waals surface area contributed by atoms with Gasteiger partial charge in [0.2, 0.25) is 0 Å². The van der Waals surface area contributed by atoms with Crippen molar-refractivity contribution in [1.82, 2.24) is 0 Å². The molecule has 0 saturated heterocycles. The molecule has 1 rings (SSSR count). The normalized spacial score (nSPS) is 12.6. The first kappa shape index (κ1) is 11.3. The third-order valence-electron chi connectivity index (χ3n) is 2.38. The van der Waals surface area contributed by atoms with Crippen LogP contribution >= 0.6 is 11.6 Å². The van der Waals surface area contributed by atoms with E-state index in [9.17, 15) is 0 Å². The van der Waals surface area contributed by atoms with Gasteiger partial charge in [0.25, 0.3) is 0 Å². The molecule has 3 heteroatoms. The largest absolute Gasteiger partial charge is 0.495 e. The Balaban J connectivity index is 3.13. The Morgan fingerprint density at radius 3 is 2.57 bits per heavy atom. The molecular weight excluding hydrogens is 198 g/mol. The fourth-order valence-electron chi connectivity index (χ4n) is 1.44. The van der Waals surface area contributed by atoms with Gasteiger partial charge in [-0.05, 0) is 36.6 Å². The first-order valence-corrected chi connectivity index (χ1v) is 5.02. The van der Waals surface area contributed by atoms with E-state index in [2.05, 4.69) is 13.0 Å². The monoisotopic (exact) mass is 213 g/mol. The van der Waals surface area contributed by atoms with Crippen molar-refractivity contribution in [2.75, 3.05) is 13.7 Å². The maximum absolute atomic E-state index is 6.07. The molecule has 1 aromatic carbocycles. The van der Waals surface area contributed by atoms with Crippen LogP contribution in [-0.4, -0.2) is 13.7 Å². The molecule has 1 atom stereocenters. The molecule has 0 aromatic heterocycles. The second-order valence-electron chi connectivity index (χ2n) is 3.49. The van der Waals surface area contributed by atoms with Gasteiger partial charge in [-0.3, -0.25) is 0 Å². The fraction of sp³-hybridized carbons (Fsp3) is 0.455. The van der Waals surface area contributed by atoms with Crippen LogP contribution in [0, 0.1) is 6.92 Å². The van der Waals surface area contributed by atoms with Crippen LogP contribution in [0.1, 0.15) is 24.0 Å². The van der Waals surface area contributed by atoms with Crippen molar-refractivity contribution in [3.05, 3.63) is 28.3 Å². The molecule has 1 aromatic rings. The van der Waals surface area contributed by atoms with Crippen molar-refractivity contribution in [1.29, 1.82) is 0 Å². The fourth-order valence-corrected chi connectivity index (χ4v) is 1.79. The van der Waals surface area contributed by atoms with Crippen LogP contribution in [0.3, 0.4) is 0 Å². The summed E-state index contributed by atoms with van der Waals surface area (Å²) in [5.41, 5.74) is 7.81. The molecule has 0 aliphatic heterocycles. The zero-order valence-electron chi connectivity index (χ0n) is 8.80. The first-order chi connectivity index (χ1) is 6.60. The number of hydrogen-bond acceptors (Lipinski definition) is 2. The lowest BCUT2D eigenvalue weighted by Gasteiger charge is -2.13. The van der Waals surface area contributed by atoms with Gasteiger partial charge in [0.1, 0.15) is 5.75 Å². The standard InChI is InChI=1S/C11H16ClNO/c1-7-4-9(8(2)6-13)5-10(12)11(7)14-3/h4-5,8H,6,13H2,1-3H3. The maximum atomic E-state index is 6.07. The van der Waals surface area contributed by atoms with E-state index in [4.69, 9.17) is 22.1 Å². The maximum Gasteiger partial charge on any atom is 0.140 e. The number of aryl methyl sites for hydroxylation is 1. The van der Waals surface area contributed by atoms with E-state index in [0.717, 1.165) is 16.9 Å². The van der Waals surface area contributed by atoms with Gasteiger partial charge < -0.3 is 10.5 Å². The summed E-state index contributed by atoms with van der Waals surface area (Å²) in [4.78, 5) is 0. The van der Waals surface area contributed by atoms with Crippen molar-refractivity contribution in [2.45, 2.75) is 19.8 Å². The van der Waals surface area contributed by atoms with Crippen LogP contribution in [0.2, 0.25) is 5.02 Å². The second-order valence-corrected chi connectivity index (χ2v) is 3.90. The molecule has 2 N–H and O–H groups in total. The van der Waals surface area contributed by atoms with E-state index < -0.39 is 0 Å². The van der Waals surface area contributed by atoms with Gasteiger partial charge in [0.05, 0.1) is 12.1 Å². The highest BCUT2D eigenvalue weighted by molar-refractivity contribution is 6.32. The molecule has 78 valence electrons. The summed E-state index contributed by atoms with van der Waals surface area (Å²) >= 11 is 6.07. The smallest absolute Gasteiger partial charge is 0.140 e. The Morgan fingerprint density at radius 2 is 2.14 bits per heavy atom. The van der Waals surface area contributed by atoms with Gasteiger partial charge in [-0.2, -0.15) is 0 Å². The lowest BCUT2D eigenvalue weighted by atomic mass is 9.99. The van der Waals surface area contributed by atoms with Crippen molar-refractivity contribution in [2.24, 2.45) is 5.73 Å². The predicted octanol–water partition coefficient (Wildman–Crippen LogP) is 2.72. The summed E-state index contributed by atoms with van der Waals surface area (Å²) in [5, 5.41) is 0.655. The van der Waals surface area contributed by atoms with Crippen LogP contribution in [0.4, 0.5) is 0 Å². The molecule has 1 unspecified atom stereocenters. The quantitative estimate of drug-likeness (QED) is 0.838. The molecule has 0 saturated carbocycles. The Labute approximate surface area is 90.0 Å². The lowest BCUT2D eigenvalue weighted by Crippen LogP contribution is -2.09. The molecule has 0 amide bonds. The highest BCUT2D eigenvalue weighted by Gasteiger charge is 2.10. The molecule has 0 heterocycles. The number of nitrogens with two attached hydrogens (primary N) is 1. The summed E-state index contributed by atoms with van der Waals surface area (Å²) in [6.45, 7) is 4.69. The van der Waals surface area contributed by atoms with E-state index >= 15 is 0 Å². The average molecular weight is 214 g/mol. The number of hydrogen-bond donors (Lipinski definition) is 1. The lowest BCUT2D eigenvalue weighted by molar-refractivity contribution is 0.411. The Kier molecular flexibility index (Phi) is 3.78. The molecular formula is C11H16ClNO. The predicted molar refractivity (Wildman–Crippen MR) is 60.2 cm³/mol. The van der Waals surface area contributed by atoms with Crippen molar-refractivity contribution in [3.63, 3.8) is 0 Å². The number of benzene rings is 1. The van der Waals surface area contributed by atoms with Crippen molar-refractivity contribution in [3.8, 4) is 5.75 Å². The number of methoxy groups -OCH3 is 1. The number of halogens is 1. The zero-order chi connectivity index (χ0) is 10.7. The minimum absolute atomic E-state index is 0.331. The Morgan fingerprint density at radius 1 is 1.50 bits per heavy atom. The third kappa shape index (κ3) is 2.20. The van der Waals surface area contributed by atoms with E-state index in [1.807, 2.05) is 13.0 Å². The molecule has 14 heavy (non-hydrogen) atoms. The van der Waals surface area contributed by atoms with Gasteiger partial charge in [0.15, 0.2) is 0 Å². The SMILES string of the molecule is COc1c(C)cc(C(C)CN)cc1Cl. The minimum Gasteiger partial charge on any atom is -0.495 e. The van der Waals surface area contributed by atoms with E-state index in [0.29, 0.717) is 17.5 Å². The van der Waals surface area contributed by atoms with Crippen LogP contribution in [0.25, 0.3) is 0 Å². The molecule has 0 fully saturated rings. The topological polar surface area (TPSA) is 35.2 Å². The zero-order valence-corrected chi connectivity index (χ0v) is 9.56. The Bertz CT molecular complexity index is 302. The molecule has 0 aliphatic carbocycles. The average Bonchev–Trinajstić information content (AvgIpc) is 2.16. The van der Waals surface area contributed by atoms with Gasteiger partial charge in [-0.15, -0.1) is 0 Å². The van der Waals surface area contributed by atoms with E-state index in [1.54, 1.807) is 7.11 Å². The van der Waals surface area contributed by atoms with Crippen LogP contribution in [0.5, 0.6) is 5.75 Å². The minimum atomic E-state index is 0.331. The van der Waals surface area contributed by atoms with E-state index in [-0.39, 0.29) is 0 Å². The van der Waals surface area contributed by atoms with E-state index in [1.165, 1.54) is 0 Å². The Hall–Kier alpha value is -0.730. The third-order valence-corrected chi connectivity index (χ3v) is 2.66. The van der Waals surface area contributed by atoms with Crippen molar-refractivity contribution >= 4 is 11.6 Å². The number of rotatable bonds is 3. The van der Waals surface area contributed by atoms with Gasteiger partial charge in [-0.25, -0.2) is 0 Å². The van der Waals surface area contributed by atoms with Crippen LogP contribution in [0.15, 0.2) is 12.1 Å². The summed E-state index contributed by atoms with van der Waals surface area (Å²) in [6, 6.07) is 3.99. The summed E-state index contributed by atoms with van der Waals surface area (Å²) in [6.07, 6.45) is 0. The second kappa shape index (κ2) is 4.67. The molecule has 2 nitrogen and oxygen atoms in total. The molecule has 0 aliphatic rings. The summed E-state index contributed by atoms with van der Waals surface area (Å²) in [5.74, 6) is 1.08. The van der Waals surface area contributed by atoms with Gasteiger partial charge in [0, 0.05) is 0 Å². The first-order valence-electron chi connectivity index (χ1n) is 4.64. The highest BCUT2D eigenvalue weighted by Crippen LogP contribution is 2.31.